The molecule has 0 aromatic carbocycles. The highest BCUT2D eigenvalue weighted by atomic mass is 16.2. The number of nitrogens with one attached hydrogen (secondary N) is 1. The second kappa shape index (κ2) is 6.27. The van der Waals surface area contributed by atoms with Gasteiger partial charge in [0.25, 0.3) is 5.91 Å². The standard InChI is InChI=1S/C17H18N6O/c24-17(22-9-3-4-10-22)13-6-5-8-18-16(13)19-12-15-21-20-14-7-1-2-11-23(14)15/h1-2,5-8,11H,3-4,9-10,12H2,(H,18,19). The van der Waals surface area contributed by atoms with Gasteiger partial charge in [0.1, 0.15) is 5.82 Å². The van der Waals surface area contributed by atoms with Crippen molar-refractivity contribution >= 4 is 17.4 Å². The number of anilines is 1. The van der Waals surface area contributed by atoms with Crippen LogP contribution >= 0.6 is 0 Å². The lowest BCUT2D eigenvalue weighted by Gasteiger charge is -2.17. The fourth-order valence-corrected chi connectivity index (χ4v) is 2.98. The van der Waals surface area contributed by atoms with Crippen LogP contribution in [0.2, 0.25) is 0 Å². The van der Waals surface area contributed by atoms with Gasteiger partial charge in [0.2, 0.25) is 0 Å². The number of hydrogen-bond donors (Lipinski definition) is 1. The van der Waals surface area contributed by atoms with E-state index in [1.807, 2.05) is 39.8 Å². The third-order valence-electron chi connectivity index (χ3n) is 4.23. The first kappa shape index (κ1) is 14.6. The van der Waals surface area contributed by atoms with Crippen LogP contribution in [0.5, 0.6) is 0 Å². The van der Waals surface area contributed by atoms with Crippen molar-refractivity contribution in [3.05, 3.63) is 54.1 Å². The summed E-state index contributed by atoms with van der Waals surface area (Å²) in [6, 6.07) is 9.37. The quantitative estimate of drug-likeness (QED) is 0.795. The van der Waals surface area contributed by atoms with Gasteiger partial charge in [-0.25, -0.2) is 4.98 Å². The Balaban J connectivity index is 1.55. The maximum atomic E-state index is 12.7. The van der Waals surface area contributed by atoms with E-state index in [4.69, 9.17) is 0 Å². The number of likely N-dealkylation sites (tertiary alicyclic amines) is 1. The first-order valence-electron chi connectivity index (χ1n) is 8.10. The number of carbonyl (C=O) groups excluding carboxylic acids is 1. The topological polar surface area (TPSA) is 75.4 Å². The Kier molecular flexibility index (Phi) is 3.82. The van der Waals surface area contributed by atoms with Gasteiger partial charge in [0.15, 0.2) is 11.5 Å². The molecule has 3 aromatic heterocycles. The van der Waals surface area contributed by atoms with Gasteiger partial charge in [-0.1, -0.05) is 6.07 Å². The highest BCUT2D eigenvalue weighted by Gasteiger charge is 2.22. The van der Waals surface area contributed by atoms with Crippen molar-refractivity contribution in [3.8, 4) is 0 Å². The number of aromatic nitrogens is 4. The van der Waals surface area contributed by atoms with Crippen LogP contribution in [-0.4, -0.2) is 43.5 Å². The number of hydrogen-bond acceptors (Lipinski definition) is 5. The van der Waals surface area contributed by atoms with E-state index >= 15 is 0 Å². The van der Waals surface area contributed by atoms with Gasteiger partial charge in [-0.15, -0.1) is 10.2 Å². The van der Waals surface area contributed by atoms with Gasteiger partial charge in [-0.2, -0.15) is 0 Å². The van der Waals surface area contributed by atoms with Crippen molar-refractivity contribution in [2.75, 3.05) is 18.4 Å². The van der Waals surface area contributed by atoms with Crippen molar-refractivity contribution in [2.45, 2.75) is 19.4 Å². The minimum absolute atomic E-state index is 0.0363. The van der Waals surface area contributed by atoms with E-state index in [9.17, 15) is 4.79 Å². The molecule has 0 saturated carbocycles. The molecule has 7 heteroatoms. The Morgan fingerprint density at radius 3 is 2.88 bits per heavy atom. The summed E-state index contributed by atoms with van der Waals surface area (Å²) in [7, 11) is 0. The molecule has 0 aliphatic carbocycles. The zero-order chi connectivity index (χ0) is 16.4. The Morgan fingerprint density at radius 2 is 2.00 bits per heavy atom. The molecule has 0 radical (unpaired) electrons. The van der Waals surface area contributed by atoms with E-state index in [2.05, 4.69) is 20.5 Å². The van der Waals surface area contributed by atoms with Gasteiger partial charge in [0, 0.05) is 25.5 Å². The molecule has 0 spiro atoms. The number of amides is 1. The van der Waals surface area contributed by atoms with E-state index in [0.29, 0.717) is 17.9 Å². The first-order valence-corrected chi connectivity index (χ1v) is 8.10. The molecular weight excluding hydrogens is 304 g/mol. The van der Waals surface area contributed by atoms with Gasteiger partial charge in [0.05, 0.1) is 12.1 Å². The van der Waals surface area contributed by atoms with Crippen LogP contribution in [-0.2, 0) is 6.54 Å². The summed E-state index contributed by atoms with van der Waals surface area (Å²) < 4.78 is 1.91. The lowest BCUT2D eigenvalue weighted by molar-refractivity contribution is 0.0793. The Labute approximate surface area is 139 Å². The zero-order valence-electron chi connectivity index (χ0n) is 13.2. The molecule has 4 heterocycles. The molecule has 7 nitrogen and oxygen atoms in total. The van der Waals surface area contributed by atoms with Crippen LogP contribution < -0.4 is 5.32 Å². The maximum absolute atomic E-state index is 12.7. The maximum Gasteiger partial charge on any atom is 0.257 e. The minimum atomic E-state index is 0.0363. The van der Waals surface area contributed by atoms with Gasteiger partial charge >= 0.3 is 0 Å². The Morgan fingerprint density at radius 1 is 1.12 bits per heavy atom. The molecule has 122 valence electrons. The molecule has 1 aliphatic heterocycles. The van der Waals surface area contributed by atoms with E-state index < -0.39 is 0 Å². The summed E-state index contributed by atoms with van der Waals surface area (Å²) in [6.07, 6.45) is 5.74. The van der Waals surface area contributed by atoms with Gasteiger partial charge < -0.3 is 10.2 Å². The SMILES string of the molecule is O=C(c1cccnc1NCc1nnc2ccccn12)N1CCCC1. The van der Waals surface area contributed by atoms with Crippen molar-refractivity contribution in [1.82, 2.24) is 24.5 Å². The van der Waals surface area contributed by atoms with Crippen molar-refractivity contribution in [3.63, 3.8) is 0 Å². The summed E-state index contributed by atoms with van der Waals surface area (Å²) in [5, 5.41) is 11.5. The fourth-order valence-electron chi connectivity index (χ4n) is 2.98. The Hall–Kier alpha value is -2.96. The van der Waals surface area contributed by atoms with Crippen LogP contribution in [0.15, 0.2) is 42.7 Å². The van der Waals surface area contributed by atoms with Crippen molar-refractivity contribution in [2.24, 2.45) is 0 Å². The fraction of sp³-hybridized carbons (Fsp3) is 0.294. The van der Waals surface area contributed by atoms with Gasteiger partial charge in [-0.3, -0.25) is 9.20 Å². The molecule has 1 fully saturated rings. The third kappa shape index (κ3) is 2.68. The Bertz CT molecular complexity index is 868. The van der Waals surface area contributed by atoms with E-state index in [1.165, 1.54) is 0 Å². The number of fused-ring (bicyclic) bond motifs is 1. The molecule has 24 heavy (non-hydrogen) atoms. The summed E-state index contributed by atoms with van der Waals surface area (Å²) in [5.41, 5.74) is 1.40. The molecule has 1 N–H and O–H groups in total. The molecule has 3 aromatic rings. The highest BCUT2D eigenvalue weighted by Crippen LogP contribution is 2.18. The molecule has 1 saturated heterocycles. The van der Waals surface area contributed by atoms with Crippen LogP contribution in [0.25, 0.3) is 5.65 Å². The van der Waals surface area contributed by atoms with Crippen LogP contribution in [0, 0.1) is 0 Å². The van der Waals surface area contributed by atoms with Crippen LogP contribution in [0.3, 0.4) is 0 Å². The zero-order valence-corrected chi connectivity index (χ0v) is 13.2. The lowest BCUT2D eigenvalue weighted by Crippen LogP contribution is -2.28. The second-order valence-corrected chi connectivity index (χ2v) is 5.80. The largest absolute Gasteiger partial charge is 0.362 e. The highest BCUT2D eigenvalue weighted by molar-refractivity contribution is 5.98. The number of nitrogens with zero attached hydrogens (tertiary/aromatic N) is 5. The summed E-state index contributed by atoms with van der Waals surface area (Å²) in [4.78, 5) is 18.9. The summed E-state index contributed by atoms with van der Waals surface area (Å²) in [6.45, 7) is 2.09. The van der Waals surface area contributed by atoms with Gasteiger partial charge in [-0.05, 0) is 37.1 Å². The molecule has 1 amide bonds. The predicted octanol–water partition coefficient (Wildman–Crippen LogP) is 1.97. The smallest absolute Gasteiger partial charge is 0.257 e. The second-order valence-electron chi connectivity index (χ2n) is 5.80. The minimum Gasteiger partial charge on any atom is -0.362 e. The third-order valence-corrected chi connectivity index (χ3v) is 4.23. The first-order chi connectivity index (χ1) is 11.8. The molecule has 0 bridgehead atoms. The average Bonchev–Trinajstić information content (AvgIpc) is 3.30. The number of rotatable bonds is 4. The van der Waals surface area contributed by atoms with E-state index in [1.54, 1.807) is 12.3 Å². The van der Waals surface area contributed by atoms with E-state index in [0.717, 1.165) is 37.4 Å². The van der Waals surface area contributed by atoms with E-state index in [-0.39, 0.29) is 5.91 Å². The lowest BCUT2D eigenvalue weighted by atomic mass is 10.2. The molecular formula is C17H18N6O. The monoisotopic (exact) mass is 322 g/mol. The van der Waals surface area contributed by atoms with Crippen LogP contribution in [0.1, 0.15) is 29.0 Å². The van der Waals surface area contributed by atoms with Crippen molar-refractivity contribution in [1.29, 1.82) is 0 Å². The van der Waals surface area contributed by atoms with Crippen LogP contribution in [0.4, 0.5) is 5.82 Å². The number of pyridine rings is 2. The normalized spacial score (nSPS) is 14.2. The number of carbonyl (C=O) groups is 1. The van der Waals surface area contributed by atoms with Crippen molar-refractivity contribution < 1.29 is 4.79 Å². The average molecular weight is 322 g/mol. The molecule has 0 atom stereocenters. The molecule has 4 rings (SSSR count). The molecule has 1 aliphatic rings. The summed E-state index contributed by atoms with van der Waals surface area (Å²) in [5.74, 6) is 1.40. The summed E-state index contributed by atoms with van der Waals surface area (Å²) >= 11 is 0. The predicted molar refractivity (Wildman–Crippen MR) is 89.7 cm³/mol. The molecule has 0 unspecified atom stereocenters.